The number of ether oxygens (including phenoxy) is 2. The molecule has 0 saturated carbocycles. The molecule has 0 fully saturated rings. The molecule has 27 heavy (non-hydrogen) atoms. The van der Waals surface area contributed by atoms with E-state index in [-0.39, 0.29) is 0 Å². The third kappa shape index (κ3) is 3.77. The molecule has 0 atom stereocenters. The third-order valence-electron chi connectivity index (χ3n) is 4.49. The van der Waals surface area contributed by atoms with Crippen LogP contribution in [0.5, 0.6) is 0 Å². The van der Waals surface area contributed by atoms with Crippen molar-refractivity contribution in [2.75, 3.05) is 19.1 Å². The van der Waals surface area contributed by atoms with Crippen LogP contribution in [0.15, 0.2) is 78.1 Å². The average Bonchev–Trinajstić information content (AvgIpc) is 2.72. The lowest BCUT2D eigenvalue weighted by Gasteiger charge is -2.30. The van der Waals surface area contributed by atoms with Gasteiger partial charge < -0.3 is 14.4 Å². The molecular formula is C22H21NO4. The van der Waals surface area contributed by atoms with Crippen molar-refractivity contribution in [2.24, 2.45) is 0 Å². The Labute approximate surface area is 158 Å². The number of aryl methyl sites for hydroxylation is 1. The maximum atomic E-state index is 12.5. The first kappa shape index (κ1) is 18.5. The molecule has 0 spiro atoms. The smallest absolute Gasteiger partial charge is 0.336 e. The predicted molar refractivity (Wildman–Crippen MR) is 103 cm³/mol. The van der Waals surface area contributed by atoms with Gasteiger partial charge >= 0.3 is 11.9 Å². The van der Waals surface area contributed by atoms with E-state index < -0.39 is 17.9 Å². The topological polar surface area (TPSA) is 55.8 Å². The highest BCUT2D eigenvalue weighted by Crippen LogP contribution is 2.38. The van der Waals surface area contributed by atoms with Gasteiger partial charge in [-0.15, -0.1) is 0 Å². The van der Waals surface area contributed by atoms with E-state index in [0.29, 0.717) is 11.1 Å². The van der Waals surface area contributed by atoms with Gasteiger partial charge in [0, 0.05) is 18.1 Å². The van der Waals surface area contributed by atoms with E-state index in [1.165, 1.54) is 14.2 Å². The van der Waals surface area contributed by atoms with Crippen LogP contribution < -0.4 is 4.90 Å². The molecule has 0 aromatic heterocycles. The summed E-state index contributed by atoms with van der Waals surface area (Å²) in [5.41, 5.74) is 3.50. The van der Waals surface area contributed by atoms with Crippen molar-refractivity contribution in [3.63, 3.8) is 0 Å². The van der Waals surface area contributed by atoms with E-state index in [2.05, 4.69) is 0 Å². The first-order valence-electron chi connectivity index (χ1n) is 8.55. The maximum absolute atomic E-state index is 12.5. The van der Waals surface area contributed by atoms with Gasteiger partial charge in [0.2, 0.25) is 0 Å². The third-order valence-corrected chi connectivity index (χ3v) is 4.49. The van der Waals surface area contributed by atoms with Gasteiger partial charge in [-0.05, 0) is 24.6 Å². The van der Waals surface area contributed by atoms with Crippen molar-refractivity contribution in [2.45, 2.75) is 12.8 Å². The highest BCUT2D eigenvalue weighted by Gasteiger charge is 2.35. The monoisotopic (exact) mass is 363 g/mol. The molecule has 1 aliphatic rings. The highest BCUT2D eigenvalue weighted by atomic mass is 16.5. The number of carbonyl (C=O) groups excluding carboxylic acids is 2. The second-order valence-electron chi connectivity index (χ2n) is 6.24. The second-order valence-corrected chi connectivity index (χ2v) is 6.24. The summed E-state index contributed by atoms with van der Waals surface area (Å²) in [7, 11) is 2.66. The van der Waals surface area contributed by atoms with Gasteiger partial charge in [0.25, 0.3) is 0 Å². The Bertz CT molecular complexity index is 864. The van der Waals surface area contributed by atoms with Crippen molar-refractivity contribution >= 4 is 17.6 Å². The van der Waals surface area contributed by atoms with Gasteiger partial charge in [-0.1, -0.05) is 48.0 Å². The first-order valence-corrected chi connectivity index (χ1v) is 8.55. The van der Waals surface area contributed by atoms with Crippen LogP contribution in [0.4, 0.5) is 5.69 Å². The fraction of sp³-hybridized carbons (Fsp3) is 0.182. The Balaban J connectivity index is 2.16. The normalized spacial score (nSPS) is 14.3. The minimum absolute atomic E-state index is 0.368. The van der Waals surface area contributed by atoms with E-state index in [4.69, 9.17) is 9.47 Å². The zero-order chi connectivity index (χ0) is 19.4. The number of hydrogen-bond acceptors (Lipinski definition) is 5. The quantitative estimate of drug-likeness (QED) is 0.775. The lowest BCUT2D eigenvalue weighted by molar-refractivity contribution is -0.137. The van der Waals surface area contributed by atoms with Gasteiger partial charge in [0.05, 0.1) is 31.3 Å². The fourth-order valence-corrected chi connectivity index (χ4v) is 3.10. The van der Waals surface area contributed by atoms with Crippen LogP contribution in [0, 0.1) is 6.92 Å². The molecule has 3 rings (SSSR count). The van der Waals surface area contributed by atoms with E-state index in [9.17, 15) is 9.59 Å². The summed E-state index contributed by atoms with van der Waals surface area (Å²) in [5, 5.41) is 0. The van der Waals surface area contributed by atoms with Crippen LogP contribution in [0.25, 0.3) is 0 Å². The molecular weight excluding hydrogens is 342 g/mol. The maximum Gasteiger partial charge on any atom is 0.336 e. The van der Waals surface area contributed by atoms with E-state index in [1.807, 2.05) is 61.5 Å². The summed E-state index contributed by atoms with van der Waals surface area (Å²) in [6, 6.07) is 17.2. The highest BCUT2D eigenvalue weighted by molar-refractivity contribution is 5.99. The van der Waals surface area contributed by atoms with Gasteiger partial charge in [-0.2, -0.15) is 0 Å². The zero-order valence-corrected chi connectivity index (χ0v) is 15.5. The SMILES string of the molecule is COC(=O)C1=CN(c2ccc(C)cc2)C=C(C(=O)OC)C1c1ccccc1. The van der Waals surface area contributed by atoms with Gasteiger partial charge in [0.15, 0.2) is 0 Å². The van der Waals surface area contributed by atoms with Crippen LogP contribution in [0.1, 0.15) is 17.0 Å². The van der Waals surface area contributed by atoms with Crippen molar-refractivity contribution in [1.82, 2.24) is 0 Å². The fourth-order valence-electron chi connectivity index (χ4n) is 3.10. The summed E-state index contributed by atoms with van der Waals surface area (Å²) < 4.78 is 9.99. The van der Waals surface area contributed by atoms with E-state index >= 15 is 0 Å². The molecule has 1 aliphatic heterocycles. The number of esters is 2. The lowest BCUT2D eigenvalue weighted by atomic mass is 9.83. The van der Waals surface area contributed by atoms with Gasteiger partial charge in [0.1, 0.15) is 0 Å². The molecule has 0 unspecified atom stereocenters. The molecule has 5 heteroatoms. The Kier molecular flexibility index (Phi) is 5.41. The molecule has 0 aliphatic carbocycles. The summed E-state index contributed by atoms with van der Waals surface area (Å²) in [6.45, 7) is 2.00. The Morgan fingerprint density at radius 2 is 1.33 bits per heavy atom. The number of hydrogen-bond donors (Lipinski definition) is 0. The number of carbonyl (C=O) groups is 2. The molecule has 0 saturated heterocycles. The van der Waals surface area contributed by atoms with E-state index in [0.717, 1.165) is 16.8 Å². The van der Waals surface area contributed by atoms with Crippen LogP contribution in [-0.2, 0) is 19.1 Å². The number of methoxy groups -OCH3 is 2. The van der Waals surface area contributed by atoms with Gasteiger partial charge in [-0.25, -0.2) is 9.59 Å². The standard InChI is InChI=1S/C22H21NO4/c1-15-9-11-17(12-10-15)23-13-18(21(24)26-2)20(16-7-5-4-6-8-16)19(14-23)22(25)27-3/h4-14,20H,1-3H3. The Hall–Kier alpha value is -3.34. The Morgan fingerprint density at radius 3 is 1.81 bits per heavy atom. The summed E-state index contributed by atoms with van der Waals surface area (Å²) >= 11 is 0. The number of nitrogens with zero attached hydrogens (tertiary/aromatic N) is 1. The molecule has 2 aromatic carbocycles. The number of benzene rings is 2. The molecule has 0 radical (unpaired) electrons. The molecule has 0 N–H and O–H groups in total. The Morgan fingerprint density at radius 1 is 0.815 bits per heavy atom. The molecule has 2 aromatic rings. The van der Waals surface area contributed by atoms with Gasteiger partial charge in [-0.3, -0.25) is 0 Å². The number of rotatable bonds is 4. The van der Waals surface area contributed by atoms with E-state index in [1.54, 1.807) is 17.3 Å². The zero-order valence-electron chi connectivity index (χ0n) is 15.5. The predicted octanol–water partition coefficient (Wildman–Crippen LogP) is 3.71. The second kappa shape index (κ2) is 7.91. The van der Waals surface area contributed by atoms with Crippen molar-refractivity contribution < 1.29 is 19.1 Å². The largest absolute Gasteiger partial charge is 0.466 e. The average molecular weight is 363 g/mol. The lowest BCUT2D eigenvalue weighted by Crippen LogP contribution is -2.28. The van der Waals surface area contributed by atoms with Crippen LogP contribution in [-0.4, -0.2) is 26.2 Å². The molecule has 0 bridgehead atoms. The summed E-state index contributed by atoms with van der Waals surface area (Å²) in [6.07, 6.45) is 3.42. The van der Waals surface area contributed by atoms with Crippen LogP contribution in [0.2, 0.25) is 0 Å². The minimum atomic E-state index is -0.562. The summed E-state index contributed by atoms with van der Waals surface area (Å²) in [4.78, 5) is 26.8. The molecule has 5 nitrogen and oxygen atoms in total. The van der Waals surface area contributed by atoms with Crippen molar-refractivity contribution in [3.05, 3.63) is 89.3 Å². The minimum Gasteiger partial charge on any atom is -0.466 e. The molecule has 0 amide bonds. The van der Waals surface area contributed by atoms with Crippen molar-refractivity contribution in [3.8, 4) is 0 Å². The number of anilines is 1. The molecule has 138 valence electrons. The van der Waals surface area contributed by atoms with Crippen LogP contribution in [0.3, 0.4) is 0 Å². The van der Waals surface area contributed by atoms with Crippen molar-refractivity contribution in [1.29, 1.82) is 0 Å². The summed E-state index contributed by atoms with van der Waals surface area (Å²) in [5.74, 6) is -1.54. The first-order chi connectivity index (χ1) is 13.0. The van der Waals surface area contributed by atoms with Crippen LogP contribution >= 0.6 is 0 Å². The molecule has 1 heterocycles.